The van der Waals surface area contributed by atoms with Gasteiger partial charge in [-0.1, -0.05) is 16.8 Å². The molecule has 0 radical (unpaired) electrons. The highest BCUT2D eigenvalue weighted by atomic mass is 35.5. The zero-order valence-electron chi connectivity index (χ0n) is 11.3. The minimum absolute atomic E-state index is 0.190. The van der Waals surface area contributed by atoms with E-state index in [1.165, 1.54) is 0 Å². The van der Waals surface area contributed by atoms with Crippen LogP contribution in [-0.4, -0.2) is 24.3 Å². The average molecular weight is 309 g/mol. The largest absolute Gasteiger partial charge is 0.490 e. The van der Waals surface area contributed by atoms with E-state index in [9.17, 15) is 4.79 Å². The number of amides is 1. The minimum Gasteiger partial charge on any atom is -0.490 e. The number of halogens is 1. The number of carbonyl (C=O) groups is 1. The molecule has 1 amide bonds. The molecule has 3 rings (SSSR count). The van der Waals surface area contributed by atoms with Crippen molar-refractivity contribution >= 4 is 23.2 Å². The van der Waals surface area contributed by atoms with Crippen LogP contribution in [0.15, 0.2) is 22.7 Å². The molecule has 0 unspecified atom stereocenters. The second-order valence-electron chi connectivity index (χ2n) is 4.61. The van der Waals surface area contributed by atoms with E-state index in [4.69, 9.17) is 25.6 Å². The first kappa shape index (κ1) is 13.8. The number of anilines is 1. The van der Waals surface area contributed by atoms with Crippen molar-refractivity contribution in [3.05, 3.63) is 34.7 Å². The van der Waals surface area contributed by atoms with Crippen LogP contribution >= 0.6 is 11.6 Å². The van der Waals surface area contributed by atoms with Gasteiger partial charge < -0.3 is 19.3 Å². The number of fused-ring (bicyclic) bond motifs is 1. The maximum atomic E-state index is 12.1. The topological polar surface area (TPSA) is 73.6 Å². The van der Waals surface area contributed by atoms with Crippen molar-refractivity contribution in [1.82, 2.24) is 5.16 Å². The van der Waals surface area contributed by atoms with E-state index in [-0.39, 0.29) is 5.69 Å². The van der Waals surface area contributed by atoms with Crippen molar-refractivity contribution in [1.29, 1.82) is 0 Å². The van der Waals surface area contributed by atoms with Gasteiger partial charge in [-0.15, -0.1) is 0 Å². The SMILES string of the molecule is Cc1cc(C(=O)Nc2cc3c(cc2Cl)OCCCO3)no1. The van der Waals surface area contributed by atoms with Crippen LogP contribution < -0.4 is 14.8 Å². The molecule has 1 aromatic carbocycles. The molecule has 110 valence electrons. The van der Waals surface area contributed by atoms with Crippen LogP contribution in [0.1, 0.15) is 22.7 Å². The highest BCUT2D eigenvalue weighted by molar-refractivity contribution is 6.34. The first-order chi connectivity index (χ1) is 10.1. The fourth-order valence-electron chi connectivity index (χ4n) is 1.94. The Labute approximate surface area is 126 Å². The van der Waals surface area contributed by atoms with Crippen LogP contribution in [0.3, 0.4) is 0 Å². The molecule has 0 bridgehead atoms. The summed E-state index contributed by atoms with van der Waals surface area (Å²) in [7, 11) is 0. The van der Waals surface area contributed by atoms with Crippen molar-refractivity contribution in [2.24, 2.45) is 0 Å². The van der Waals surface area contributed by atoms with E-state index < -0.39 is 5.91 Å². The number of aryl methyl sites for hydroxylation is 1. The zero-order chi connectivity index (χ0) is 14.8. The first-order valence-corrected chi connectivity index (χ1v) is 6.85. The Morgan fingerprint density at radius 1 is 1.24 bits per heavy atom. The standard InChI is InChI=1S/C14H13ClN2O4/c1-8-5-11(17-21-8)14(18)16-10-7-13-12(6-9(10)15)19-3-2-4-20-13/h5-7H,2-4H2,1H3,(H,16,18). The molecule has 0 atom stereocenters. The first-order valence-electron chi connectivity index (χ1n) is 6.47. The lowest BCUT2D eigenvalue weighted by Crippen LogP contribution is -2.12. The van der Waals surface area contributed by atoms with Gasteiger partial charge in [-0.05, 0) is 6.92 Å². The van der Waals surface area contributed by atoms with Crippen LogP contribution in [0.5, 0.6) is 11.5 Å². The van der Waals surface area contributed by atoms with E-state index in [0.29, 0.717) is 41.2 Å². The van der Waals surface area contributed by atoms with E-state index in [2.05, 4.69) is 10.5 Å². The van der Waals surface area contributed by atoms with E-state index >= 15 is 0 Å². The molecule has 2 aromatic rings. The Kier molecular flexibility index (Phi) is 3.70. The molecule has 0 fully saturated rings. The highest BCUT2D eigenvalue weighted by Gasteiger charge is 2.17. The second kappa shape index (κ2) is 5.65. The summed E-state index contributed by atoms with van der Waals surface area (Å²) in [6.07, 6.45) is 0.798. The summed E-state index contributed by atoms with van der Waals surface area (Å²) >= 11 is 6.16. The summed E-state index contributed by atoms with van der Waals surface area (Å²) in [5, 5.41) is 6.71. The Morgan fingerprint density at radius 2 is 1.95 bits per heavy atom. The lowest BCUT2D eigenvalue weighted by atomic mass is 10.2. The highest BCUT2D eigenvalue weighted by Crippen LogP contribution is 2.37. The van der Waals surface area contributed by atoms with Gasteiger partial charge in [0.2, 0.25) is 0 Å². The summed E-state index contributed by atoms with van der Waals surface area (Å²) in [5.74, 6) is 1.30. The van der Waals surface area contributed by atoms with Gasteiger partial charge in [0.25, 0.3) is 5.91 Å². The molecule has 1 aromatic heterocycles. The van der Waals surface area contributed by atoms with Gasteiger partial charge >= 0.3 is 0 Å². The Balaban J connectivity index is 1.85. The van der Waals surface area contributed by atoms with Crippen LogP contribution in [0.25, 0.3) is 0 Å². The number of rotatable bonds is 2. The van der Waals surface area contributed by atoms with Crippen molar-refractivity contribution in [2.45, 2.75) is 13.3 Å². The molecule has 1 aliphatic heterocycles. The molecule has 21 heavy (non-hydrogen) atoms. The molecule has 1 N–H and O–H groups in total. The van der Waals surface area contributed by atoms with Crippen LogP contribution in [-0.2, 0) is 0 Å². The van der Waals surface area contributed by atoms with Crippen molar-refractivity contribution < 1.29 is 18.8 Å². The molecule has 7 heteroatoms. The fourth-order valence-corrected chi connectivity index (χ4v) is 2.14. The monoisotopic (exact) mass is 308 g/mol. The Bertz CT molecular complexity index is 684. The van der Waals surface area contributed by atoms with Crippen molar-refractivity contribution in [2.75, 3.05) is 18.5 Å². The maximum Gasteiger partial charge on any atom is 0.277 e. The van der Waals surface area contributed by atoms with E-state index in [1.54, 1.807) is 25.1 Å². The number of hydrogen-bond acceptors (Lipinski definition) is 5. The molecule has 0 spiro atoms. The quantitative estimate of drug-likeness (QED) is 0.923. The van der Waals surface area contributed by atoms with Gasteiger partial charge in [0.15, 0.2) is 17.2 Å². The second-order valence-corrected chi connectivity index (χ2v) is 5.01. The Hall–Kier alpha value is -2.21. The molecule has 6 nitrogen and oxygen atoms in total. The van der Waals surface area contributed by atoms with Crippen molar-refractivity contribution in [3.8, 4) is 11.5 Å². The van der Waals surface area contributed by atoms with Gasteiger partial charge in [0.05, 0.1) is 23.9 Å². The number of hydrogen-bond donors (Lipinski definition) is 1. The molecule has 2 heterocycles. The van der Waals surface area contributed by atoms with Gasteiger partial charge in [0, 0.05) is 24.6 Å². The Morgan fingerprint density at radius 3 is 2.62 bits per heavy atom. The van der Waals surface area contributed by atoms with Crippen LogP contribution in [0.2, 0.25) is 5.02 Å². The normalized spacial score (nSPS) is 13.6. The summed E-state index contributed by atoms with van der Waals surface area (Å²) in [5.41, 5.74) is 0.627. The lowest BCUT2D eigenvalue weighted by Gasteiger charge is -2.11. The van der Waals surface area contributed by atoms with E-state index in [0.717, 1.165) is 6.42 Å². The third kappa shape index (κ3) is 2.95. The number of benzene rings is 1. The average Bonchev–Trinajstić information content (AvgIpc) is 2.76. The van der Waals surface area contributed by atoms with E-state index in [1.807, 2.05) is 0 Å². The number of nitrogens with one attached hydrogen (secondary N) is 1. The van der Waals surface area contributed by atoms with Gasteiger partial charge in [-0.3, -0.25) is 4.79 Å². The van der Waals surface area contributed by atoms with Gasteiger partial charge in [0.1, 0.15) is 5.76 Å². The van der Waals surface area contributed by atoms with Crippen molar-refractivity contribution in [3.63, 3.8) is 0 Å². The minimum atomic E-state index is -0.400. The number of nitrogens with zero attached hydrogens (tertiary/aromatic N) is 1. The fraction of sp³-hybridized carbons (Fsp3) is 0.286. The third-order valence-corrected chi connectivity index (χ3v) is 3.26. The number of ether oxygens (including phenoxy) is 2. The lowest BCUT2D eigenvalue weighted by molar-refractivity contribution is 0.101. The third-order valence-electron chi connectivity index (χ3n) is 2.95. The maximum absolute atomic E-state index is 12.1. The smallest absolute Gasteiger partial charge is 0.277 e. The summed E-state index contributed by atoms with van der Waals surface area (Å²) in [4.78, 5) is 12.1. The predicted molar refractivity (Wildman–Crippen MR) is 76.3 cm³/mol. The molecular formula is C14H13ClN2O4. The van der Waals surface area contributed by atoms with Crippen LogP contribution in [0, 0.1) is 6.92 Å². The van der Waals surface area contributed by atoms with Gasteiger partial charge in [-0.2, -0.15) is 0 Å². The molecule has 0 saturated heterocycles. The number of carbonyl (C=O) groups excluding carboxylic acids is 1. The zero-order valence-corrected chi connectivity index (χ0v) is 12.1. The summed E-state index contributed by atoms with van der Waals surface area (Å²) in [6, 6.07) is 4.83. The van der Waals surface area contributed by atoms with Gasteiger partial charge in [-0.25, -0.2) is 0 Å². The molecular weight excluding hydrogens is 296 g/mol. The summed E-state index contributed by atoms with van der Waals surface area (Å²) in [6.45, 7) is 2.85. The summed E-state index contributed by atoms with van der Waals surface area (Å²) < 4.78 is 16.0. The molecule has 0 aliphatic carbocycles. The number of aromatic nitrogens is 1. The molecule has 1 aliphatic rings. The molecule has 0 saturated carbocycles. The van der Waals surface area contributed by atoms with Crippen LogP contribution in [0.4, 0.5) is 5.69 Å². The predicted octanol–water partition coefficient (Wildman–Crippen LogP) is 3.05.